The second-order valence-electron chi connectivity index (χ2n) is 12.8. The predicted octanol–water partition coefficient (Wildman–Crippen LogP) is 5.98. The third kappa shape index (κ3) is 9.32. The quantitative estimate of drug-likeness (QED) is 0.145. The summed E-state index contributed by atoms with van der Waals surface area (Å²) in [4.78, 5) is 27.6. The van der Waals surface area contributed by atoms with Gasteiger partial charge in [0.1, 0.15) is 6.04 Å². The van der Waals surface area contributed by atoms with E-state index >= 15 is 0 Å². The first-order valence-corrected chi connectivity index (χ1v) is 17.0. The van der Waals surface area contributed by atoms with E-state index in [0.717, 1.165) is 40.9 Å². The fraction of sp³-hybridized carbons (Fsp3) is 0.436. The van der Waals surface area contributed by atoms with Crippen LogP contribution in [0.3, 0.4) is 0 Å². The highest BCUT2D eigenvalue weighted by Gasteiger charge is 2.40. The maximum atomic E-state index is 12.8. The van der Waals surface area contributed by atoms with Crippen molar-refractivity contribution < 1.29 is 28.9 Å². The average molecular weight is 656 g/mol. The van der Waals surface area contributed by atoms with Crippen molar-refractivity contribution in [2.75, 3.05) is 20.2 Å². The van der Waals surface area contributed by atoms with Crippen LogP contribution in [0.15, 0.2) is 91.5 Å². The molecule has 256 valence electrons. The van der Waals surface area contributed by atoms with Crippen LogP contribution in [0.25, 0.3) is 0 Å². The summed E-state index contributed by atoms with van der Waals surface area (Å²) in [6.45, 7) is 8.09. The van der Waals surface area contributed by atoms with Crippen LogP contribution in [0.1, 0.15) is 72.8 Å². The van der Waals surface area contributed by atoms with E-state index in [1.165, 1.54) is 32.8 Å². The van der Waals surface area contributed by atoms with Gasteiger partial charge in [-0.05, 0) is 35.1 Å². The molecule has 5 unspecified atom stereocenters. The lowest BCUT2D eigenvalue weighted by molar-refractivity contribution is -0.276. The van der Waals surface area contributed by atoms with Crippen molar-refractivity contribution >= 4 is 12.0 Å². The zero-order chi connectivity index (χ0) is 33.9. The summed E-state index contributed by atoms with van der Waals surface area (Å²) in [5.74, 6) is -0.412. The number of rotatable bonds is 14. The second-order valence-corrected chi connectivity index (χ2v) is 12.8. The molecule has 2 fully saturated rings. The topological polar surface area (TPSA) is 109 Å². The minimum Gasteiger partial charge on any atom is -0.467 e. The molecule has 9 heteroatoms. The third-order valence-corrected chi connectivity index (χ3v) is 9.52. The zero-order valence-corrected chi connectivity index (χ0v) is 28.1. The standard InChI is InChI=1S/C39H49N3O6/c1-4-22-42(33-12-8-9-13-33)25-35-27(2)36(31-18-16-30(26-43)17-19-31)48-38(47-35)32-20-14-29(15-21-32)24-40-39(45)41-34(37(44)46-3)23-28-10-6-5-7-11-28/h4-7,10-11,14-21,27,33-36,38,43H,1,8-9,12-13,22-26H2,2-3H3,(H2,40,41,45). The van der Waals surface area contributed by atoms with E-state index < -0.39 is 24.3 Å². The monoisotopic (exact) mass is 655 g/mol. The van der Waals surface area contributed by atoms with Crippen LogP contribution < -0.4 is 10.6 Å². The van der Waals surface area contributed by atoms with Gasteiger partial charge in [0.05, 0.1) is 25.9 Å². The van der Waals surface area contributed by atoms with Crippen molar-refractivity contribution in [1.82, 2.24) is 15.5 Å². The Morgan fingerprint density at radius 1 is 0.958 bits per heavy atom. The zero-order valence-electron chi connectivity index (χ0n) is 28.1. The molecule has 2 aliphatic rings. The molecular formula is C39H49N3O6. The largest absolute Gasteiger partial charge is 0.467 e. The molecule has 3 aromatic rings. The molecule has 1 heterocycles. The molecule has 3 aromatic carbocycles. The summed E-state index contributed by atoms with van der Waals surface area (Å²) >= 11 is 0. The number of amides is 2. The first kappa shape index (κ1) is 35.3. The van der Waals surface area contributed by atoms with Gasteiger partial charge in [0.25, 0.3) is 0 Å². The molecule has 1 aliphatic carbocycles. The Labute approximate surface area is 284 Å². The molecule has 5 rings (SSSR count). The molecule has 48 heavy (non-hydrogen) atoms. The number of aliphatic hydroxyl groups excluding tert-OH is 1. The first-order chi connectivity index (χ1) is 23.4. The molecule has 0 bridgehead atoms. The number of carbonyl (C=O) groups is 2. The Morgan fingerprint density at radius 3 is 2.27 bits per heavy atom. The number of hydrogen-bond donors (Lipinski definition) is 3. The number of nitrogens with one attached hydrogen (secondary N) is 2. The van der Waals surface area contributed by atoms with Gasteiger partial charge in [-0.2, -0.15) is 0 Å². The first-order valence-electron chi connectivity index (χ1n) is 17.0. The number of benzene rings is 3. The molecule has 1 saturated carbocycles. The molecule has 9 nitrogen and oxygen atoms in total. The Morgan fingerprint density at radius 2 is 1.62 bits per heavy atom. The van der Waals surface area contributed by atoms with E-state index in [1.807, 2.05) is 84.9 Å². The molecular weight excluding hydrogens is 606 g/mol. The minimum atomic E-state index is -0.806. The maximum Gasteiger partial charge on any atom is 0.328 e. The normalized spacial score (nSPS) is 21.8. The van der Waals surface area contributed by atoms with Crippen LogP contribution in [0.4, 0.5) is 4.79 Å². The number of ether oxygens (including phenoxy) is 3. The van der Waals surface area contributed by atoms with Gasteiger partial charge in [0.15, 0.2) is 6.29 Å². The van der Waals surface area contributed by atoms with Gasteiger partial charge < -0.3 is 30.0 Å². The molecule has 0 radical (unpaired) electrons. The van der Waals surface area contributed by atoms with Gasteiger partial charge in [-0.25, -0.2) is 9.59 Å². The highest BCUT2D eigenvalue weighted by molar-refractivity contribution is 5.83. The Balaban J connectivity index is 1.26. The summed E-state index contributed by atoms with van der Waals surface area (Å²) in [5, 5.41) is 15.2. The minimum absolute atomic E-state index is 0.00393. The SMILES string of the molecule is C=CCN(CC1OC(c2ccc(CNC(=O)NC(Cc3ccccc3)C(=O)OC)cc2)OC(c2ccc(CO)cc2)C1C)C1CCCC1. The molecule has 1 saturated heterocycles. The average Bonchev–Trinajstić information content (AvgIpc) is 3.67. The number of nitrogens with zero attached hydrogens (tertiary/aromatic N) is 1. The lowest BCUT2D eigenvalue weighted by atomic mass is 9.89. The van der Waals surface area contributed by atoms with Crippen LogP contribution in [-0.4, -0.2) is 60.4 Å². The number of carbonyl (C=O) groups excluding carboxylic acids is 2. The van der Waals surface area contributed by atoms with E-state index in [-0.39, 0.29) is 31.3 Å². The predicted molar refractivity (Wildman–Crippen MR) is 185 cm³/mol. The number of methoxy groups -OCH3 is 1. The molecule has 3 N–H and O–H groups in total. The highest BCUT2D eigenvalue weighted by Crippen LogP contribution is 2.42. The third-order valence-electron chi connectivity index (χ3n) is 9.52. The number of aliphatic hydroxyl groups is 1. The number of hydrogen-bond acceptors (Lipinski definition) is 7. The lowest BCUT2D eigenvalue weighted by Gasteiger charge is -2.43. The fourth-order valence-electron chi connectivity index (χ4n) is 6.74. The maximum absolute atomic E-state index is 12.8. The Hall–Kier alpha value is -4.02. The van der Waals surface area contributed by atoms with Gasteiger partial charge in [0, 0.05) is 43.6 Å². The van der Waals surface area contributed by atoms with Crippen LogP contribution in [0.5, 0.6) is 0 Å². The van der Waals surface area contributed by atoms with Crippen molar-refractivity contribution in [1.29, 1.82) is 0 Å². The van der Waals surface area contributed by atoms with Crippen molar-refractivity contribution in [2.45, 2.75) is 82.8 Å². The van der Waals surface area contributed by atoms with Crippen LogP contribution in [0.2, 0.25) is 0 Å². The van der Waals surface area contributed by atoms with E-state index in [1.54, 1.807) is 0 Å². The molecule has 5 atom stereocenters. The fourth-order valence-corrected chi connectivity index (χ4v) is 6.74. The van der Waals surface area contributed by atoms with Gasteiger partial charge in [-0.1, -0.05) is 105 Å². The summed E-state index contributed by atoms with van der Waals surface area (Å²) in [7, 11) is 1.31. The van der Waals surface area contributed by atoms with E-state index in [0.29, 0.717) is 12.5 Å². The summed E-state index contributed by atoms with van der Waals surface area (Å²) in [6, 6.07) is 24.6. The van der Waals surface area contributed by atoms with E-state index in [9.17, 15) is 14.7 Å². The van der Waals surface area contributed by atoms with E-state index in [2.05, 4.69) is 29.0 Å². The molecule has 1 aliphatic heterocycles. The van der Waals surface area contributed by atoms with Crippen molar-refractivity contribution in [3.63, 3.8) is 0 Å². The molecule has 2 amide bonds. The van der Waals surface area contributed by atoms with Crippen LogP contribution in [-0.2, 0) is 38.6 Å². The number of urea groups is 1. The van der Waals surface area contributed by atoms with Gasteiger partial charge in [0.2, 0.25) is 0 Å². The smallest absolute Gasteiger partial charge is 0.328 e. The van der Waals surface area contributed by atoms with E-state index in [4.69, 9.17) is 14.2 Å². The van der Waals surface area contributed by atoms with Gasteiger partial charge in [-0.15, -0.1) is 6.58 Å². The van der Waals surface area contributed by atoms with Crippen molar-refractivity contribution in [3.8, 4) is 0 Å². The Kier molecular flexibility index (Phi) is 12.8. The summed E-state index contributed by atoms with van der Waals surface area (Å²) in [6.07, 6.45) is 6.38. The van der Waals surface area contributed by atoms with Gasteiger partial charge in [-0.3, -0.25) is 4.90 Å². The van der Waals surface area contributed by atoms with Gasteiger partial charge >= 0.3 is 12.0 Å². The molecule has 0 aromatic heterocycles. The van der Waals surface area contributed by atoms with Crippen LogP contribution >= 0.6 is 0 Å². The summed E-state index contributed by atoms with van der Waals surface area (Å²) in [5.41, 5.74) is 4.62. The van der Waals surface area contributed by atoms with Crippen molar-refractivity contribution in [3.05, 3.63) is 119 Å². The second kappa shape index (κ2) is 17.4. The lowest BCUT2D eigenvalue weighted by Crippen LogP contribution is -2.47. The van der Waals surface area contributed by atoms with Crippen LogP contribution in [0, 0.1) is 5.92 Å². The summed E-state index contributed by atoms with van der Waals surface area (Å²) < 4.78 is 18.3. The number of esters is 1. The van der Waals surface area contributed by atoms with Crippen molar-refractivity contribution in [2.24, 2.45) is 5.92 Å². The Bertz CT molecular complexity index is 1460. The molecule has 0 spiro atoms. The highest BCUT2D eigenvalue weighted by atomic mass is 16.7.